The van der Waals surface area contributed by atoms with Crippen molar-refractivity contribution >= 4 is 17.5 Å². The average molecular weight is 316 g/mol. The van der Waals surface area contributed by atoms with E-state index in [1.54, 1.807) is 12.0 Å². The van der Waals surface area contributed by atoms with Gasteiger partial charge in [-0.25, -0.2) is 0 Å². The smallest absolute Gasteiger partial charge is 0.229 e. The molecule has 1 saturated carbocycles. The van der Waals surface area contributed by atoms with Crippen molar-refractivity contribution in [2.75, 3.05) is 18.6 Å². The molecule has 2 fully saturated rings. The molecule has 2 amide bonds. The van der Waals surface area contributed by atoms with E-state index in [0.29, 0.717) is 13.0 Å². The van der Waals surface area contributed by atoms with Crippen molar-refractivity contribution in [3.63, 3.8) is 0 Å². The molecule has 0 radical (unpaired) electrons. The molecule has 1 heterocycles. The summed E-state index contributed by atoms with van der Waals surface area (Å²) in [5, 5.41) is 3.07. The van der Waals surface area contributed by atoms with Gasteiger partial charge in [-0.2, -0.15) is 0 Å². The molecule has 1 aromatic rings. The second-order valence-corrected chi connectivity index (χ2v) is 6.45. The summed E-state index contributed by atoms with van der Waals surface area (Å²) >= 11 is 0. The highest BCUT2D eigenvalue weighted by Gasteiger charge is 2.33. The zero-order chi connectivity index (χ0) is 16.2. The van der Waals surface area contributed by atoms with E-state index in [1.165, 1.54) is 6.42 Å². The SMILES string of the molecule is COc1cccc(N2C[C@H](NC(=O)C3CCCCC3)CC2=O)c1. The molecular formula is C18H24N2O3. The summed E-state index contributed by atoms with van der Waals surface area (Å²) in [4.78, 5) is 26.4. The van der Waals surface area contributed by atoms with Gasteiger partial charge in [0.05, 0.1) is 13.2 Å². The highest BCUT2D eigenvalue weighted by atomic mass is 16.5. The lowest BCUT2D eigenvalue weighted by Crippen LogP contribution is -2.41. The number of nitrogens with zero attached hydrogens (tertiary/aromatic N) is 1. The van der Waals surface area contributed by atoms with E-state index >= 15 is 0 Å². The van der Waals surface area contributed by atoms with Crippen LogP contribution >= 0.6 is 0 Å². The van der Waals surface area contributed by atoms with Gasteiger partial charge in [0.1, 0.15) is 5.75 Å². The van der Waals surface area contributed by atoms with Gasteiger partial charge in [-0.3, -0.25) is 9.59 Å². The Morgan fingerprint density at radius 3 is 2.78 bits per heavy atom. The summed E-state index contributed by atoms with van der Waals surface area (Å²) in [5.41, 5.74) is 0.823. The number of hydrogen-bond acceptors (Lipinski definition) is 3. The number of nitrogens with one attached hydrogen (secondary N) is 1. The number of rotatable bonds is 4. The highest BCUT2D eigenvalue weighted by Crippen LogP contribution is 2.27. The lowest BCUT2D eigenvalue weighted by molar-refractivity contribution is -0.126. The molecule has 23 heavy (non-hydrogen) atoms. The van der Waals surface area contributed by atoms with Crippen molar-refractivity contribution in [2.24, 2.45) is 5.92 Å². The van der Waals surface area contributed by atoms with Crippen LogP contribution in [0.5, 0.6) is 5.75 Å². The topological polar surface area (TPSA) is 58.6 Å². The zero-order valence-electron chi connectivity index (χ0n) is 13.6. The van der Waals surface area contributed by atoms with Gasteiger partial charge in [0.2, 0.25) is 11.8 Å². The summed E-state index contributed by atoms with van der Waals surface area (Å²) < 4.78 is 5.21. The summed E-state index contributed by atoms with van der Waals surface area (Å²) in [6.45, 7) is 0.532. The Hall–Kier alpha value is -2.04. The Labute approximate surface area is 137 Å². The monoisotopic (exact) mass is 316 g/mol. The predicted octanol–water partition coefficient (Wildman–Crippen LogP) is 2.50. The van der Waals surface area contributed by atoms with Gasteiger partial charge in [0.15, 0.2) is 0 Å². The summed E-state index contributed by atoms with van der Waals surface area (Å²) in [6.07, 6.45) is 5.83. The first-order chi connectivity index (χ1) is 11.2. The van der Waals surface area contributed by atoms with Crippen LogP contribution in [0.15, 0.2) is 24.3 Å². The van der Waals surface area contributed by atoms with E-state index in [0.717, 1.165) is 37.1 Å². The van der Waals surface area contributed by atoms with Crippen molar-refractivity contribution in [3.8, 4) is 5.75 Å². The van der Waals surface area contributed by atoms with E-state index in [1.807, 2.05) is 24.3 Å². The maximum Gasteiger partial charge on any atom is 0.229 e. The fraction of sp³-hybridized carbons (Fsp3) is 0.556. The van der Waals surface area contributed by atoms with Gasteiger partial charge in [-0.15, -0.1) is 0 Å². The number of anilines is 1. The van der Waals surface area contributed by atoms with Gasteiger partial charge >= 0.3 is 0 Å². The van der Waals surface area contributed by atoms with Crippen LogP contribution in [0.3, 0.4) is 0 Å². The molecule has 1 saturated heterocycles. The van der Waals surface area contributed by atoms with E-state index in [4.69, 9.17) is 4.74 Å². The van der Waals surface area contributed by atoms with Gasteiger partial charge in [0, 0.05) is 30.6 Å². The van der Waals surface area contributed by atoms with E-state index in [-0.39, 0.29) is 23.8 Å². The molecule has 1 aliphatic carbocycles. The standard InChI is InChI=1S/C18H24N2O3/c1-23-16-9-5-8-15(11-16)20-12-14(10-17(20)21)19-18(22)13-6-3-2-4-7-13/h5,8-9,11,13-14H,2-4,6-7,10,12H2,1H3,(H,19,22)/t14-/m1/s1. The molecule has 5 heteroatoms. The predicted molar refractivity (Wildman–Crippen MR) is 88.5 cm³/mol. The maximum atomic E-state index is 12.3. The number of methoxy groups -OCH3 is 1. The van der Waals surface area contributed by atoms with Crippen LogP contribution in [-0.2, 0) is 9.59 Å². The van der Waals surface area contributed by atoms with Crippen molar-refractivity contribution < 1.29 is 14.3 Å². The molecule has 2 aliphatic rings. The Morgan fingerprint density at radius 2 is 2.04 bits per heavy atom. The second kappa shape index (κ2) is 7.02. The first-order valence-electron chi connectivity index (χ1n) is 8.42. The fourth-order valence-electron chi connectivity index (χ4n) is 3.52. The first kappa shape index (κ1) is 15.8. The van der Waals surface area contributed by atoms with Gasteiger partial charge in [-0.05, 0) is 25.0 Å². The van der Waals surface area contributed by atoms with Crippen LogP contribution in [0.25, 0.3) is 0 Å². The molecule has 3 rings (SSSR count). The fourth-order valence-corrected chi connectivity index (χ4v) is 3.52. The molecular weight excluding hydrogens is 292 g/mol. The van der Waals surface area contributed by atoms with Crippen LogP contribution in [0.4, 0.5) is 5.69 Å². The molecule has 1 N–H and O–H groups in total. The van der Waals surface area contributed by atoms with Gasteiger partial charge < -0.3 is 15.0 Å². The molecule has 124 valence electrons. The van der Waals surface area contributed by atoms with Crippen LogP contribution < -0.4 is 15.0 Å². The van der Waals surface area contributed by atoms with Crippen molar-refractivity contribution in [1.29, 1.82) is 0 Å². The van der Waals surface area contributed by atoms with Crippen LogP contribution in [0.2, 0.25) is 0 Å². The van der Waals surface area contributed by atoms with Crippen molar-refractivity contribution in [2.45, 2.75) is 44.6 Å². The molecule has 5 nitrogen and oxygen atoms in total. The highest BCUT2D eigenvalue weighted by molar-refractivity contribution is 5.97. The lowest BCUT2D eigenvalue weighted by atomic mass is 9.88. The van der Waals surface area contributed by atoms with E-state index in [2.05, 4.69) is 5.32 Å². The lowest BCUT2D eigenvalue weighted by Gasteiger charge is -2.23. The van der Waals surface area contributed by atoms with Crippen LogP contribution in [0, 0.1) is 5.92 Å². The Balaban J connectivity index is 1.61. The summed E-state index contributed by atoms with van der Waals surface area (Å²) in [5.74, 6) is 1.02. The average Bonchev–Trinajstić information content (AvgIpc) is 2.96. The minimum atomic E-state index is -0.0943. The quantitative estimate of drug-likeness (QED) is 0.928. The number of benzene rings is 1. The molecule has 0 bridgehead atoms. The molecule has 1 aliphatic heterocycles. The molecule has 0 aromatic heterocycles. The normalized spacial score (nSPS) is 22.2. The molecule has 1 atom stereocenters. The Kier molecular flexibility index (Phi) is 4.84. The third-order valence-corrected chi connectivity index (χ3v) is 4.81. The number of carbonyl (C=O) groups excluding carboxylic acids is 2. The summed E-state index contributed by atoms with van der Waals surface area (Å²) in [7, 11) is 1.61. The number of carbonyl (C=O) groups is 2. The zero-order valence-corrected chi connectivity index (χ0v) is 13.6. The minimum absolute atomic E-state index is 0.0483. The molecule has 1 aromatic carbocycles. The second-order valence-electron chi connectivity index (χ2n) is 6.45. The third kappa shape index (κ3) is 3.66. The largest absolute Gasteiger partial charge is 0.497 e. The Morgan fingerprint density at radius 1 is 1.26 bits per heavy atom. The van der Waals surface area contributed by atoms with Gasteiger partial charge in [-0.1, -0.05) is 25.3 Å². The minimum Gasteiger partial charge on any atom is -0.497 e. The Bertz CT molecular complexity index is 581. The number of ether oxygens (including phenoxy) is 1. The van der Waals surface area contributed by atoms with Crippen LogP contribution in [-0.4, -0.2) is 31.5 Å². The first-order valence-corrected chi connectivity index (χ1v) is 8.42. The van der Waals surface area contributed by atoms with E-state index in [9.17, 15) is 9.59 Å². The van der Waals surface area contributed by atoms with Crippen LogP contribution in [0.1, 0.15) is 38.5 Å². The molecule has 0 spiro atoms. The van der Waals surface area contributed by atoms with Crippen molar-refractivity contribution in [3.05, 3.63) is 24.3 Å². The van der Waals surface area contributed by atoms with E-state index < -0.39 is 0 Å². The maximum absolute atomic E-state index is 12.3. The number of hydrogen-bond donors (Lipinski definition) is 1. The van der Waals surface area contributed by atoms with Gasteiger partial charge in [0.25, 0.3) is 0 Å². The summed E-state index contributed by atoms with van der Waals surface area (Å²) in [6, 6.07) is 7.37. The molecule has 0 unspecified atom stereocenters. The van der Waals surface area contributed by atoms with Crippen molar-refractivity contribution in [1.82, 2.24) is 5.32 Å². The number of amides is 2. The third-order valence-electron chi connectivity index (χ3n) is 4.81.